The van der Waals surface area contributed by atoms with Crippen LogP contribution in [-0.2, 0) is 37.5 Å². The van der Waals surface area contributed by atoms with E-state index in [0.29, 0.717) is 12.8 Å². The van der Waals surface area contributed by atoms with E-state index in [-0.39, 0.29) is 19.4 Å². The number of hydrogen-bond acceptors (Lipinski definition) is 8. The van der Waals surface area contributed by atoms with Gasteiger partial charge in [0.1, 0.15) is 13.2 Å². The van der Waals surface area contributed by atoms with Gasteiger partial charge in [0.25, 0.3) is 0 Å². The predicted molar refractivity (Wildman–Crippen MR) is 179 cm³/mol. The van der Waals surface area contributed by atoms with E-state index in [9.17, 15) is 23.8 Å². The number of quaternary nitrogens is 1. The summed E-state index contributed by atoms with van der Waals surface area (Å²) in [7, 11) is -4.66. The highest BCUT2D eigenvalue weighted by molar-refractivity contribution is 7.47. The van der Waals surface area contributed by atoms with Gasteiger partial charge in [0.05, 0.1) is 6.61 Å². The topological polar surface area (TPSA) is 173 Å². The fourth-order valence-corrected chi connectivity index (χ4v) is 5.75. The van der Waals surface area contributed by atoms with E-state index >= 15 is 0 Å². The smallest absolute Gasteiger partial charge is 0.472 e. The lowest BCUT2D eigenvalue weighted by Gasteiger charge is -2.20. The number of carbonyl (C=O) groups excluding carboxylic acids is 2. The molecule has 0 radical (unpaired) electrons. The number of phosphoric ester groups is 1. The van der Waals surface area contributed by atoms with Crippen LogP contribution in [0.5, 0.6) is 0 Å². The summed E-state index contributed by atoms with van der Waals surface area (Å²) in [6.45, 7) is 2.91. The van der Waals surface area contributed by atoms with Crippen molar-refractivity contribution in [3.8, 4) is 0 Å². The van der Waals surface area contributed by atoms with Crippen LogP contribution in [0.4, 0.5) is 0 Å². The molecule has 3 unspecified atom stereocenters. The van der Waals surface area contributed by atoms with Crippen molar-refractivity contribution in [2.75, 3.05) is 19.8 Å². The molecule has 0 aromatic rings. The van der Waals surface area contributed by atoms with Crippen molar-refractivity contribution in [1.82, 2.24) is 0 Å². The number of phosphoric acid groups is 1. The lowest BCUT2D eigenvalue weighted by molar-refractivity contribution is -0.411. The highest BCUT2D eigenvalue weighted by Crippen LogP contribution is 2.43. The van der Waals surface area contributed by atoms with E-state index in [1.165, 1.54) is 89.9 Å². The molecule has 0 aliphatic heterocycles. The Bertz CT molecular complexity index is 813. The van der Waals surface area contributed by atoms with Crippen molar-refractivity contribution in [2.24, 2.45) is 0 Å². The van der Waals surface area contributed by atoms with E-state index in [4.69, 9.17) is 23.6 Å². The summed E-state index contributed by atoms with van der Waals surface area (Å²) in [6.07, 6.45) is 24.7. The number of hydrogen-bond donors (Lipinski definition) is 3. The molecule has 0 aromatic carbocycles. The lowest BCUT2D eigenvalue weighted by atomic mass is 10.1. The first-order valence-corrected chi connectivity index (χ1v) is 19.6. The highest BCUT2D eigenvalue weighted by Gasteiger charge is 2.29. The first-order chi connectivity index (χ1) is 22.1. The van der Waals surface area contributed by atoms with Crippen molar-refractivity contribution in [3.63, 3.8) is 0 Å². The molecule has 46 heavy (non-hydrogen) atoms. The summed E-state index contributed by atoms with van der Waals surface area (Å²) in [4.78, 5) is 45.7. The Labute approximate surface area is 278 Å². The minimum atomic E-state index is -4.66. The molecule has 11 nitrogen and oxygen atoms in total. The zero-order chi connectivity index (χ0) is 34.3. The van der Waals surface area contributed by atoms with Gasteiger partial charge < -0.3 is 25.2 Å². The number of rotatable bonds is 34. The van der Waals surface area contributed by atoms with E-state index in [1.54, 1.807) is 0 Å². The first-order valence-electron chi connectivity index (χ1n) is 18.1. The van der Waals surface area contributed by atoms with E-state index < -0.39 is 51.1 Å². The molecule has 12 heteroatoms. The molecule has 5 N–H and O–H groups in total. The summed E-state index contributed by atoms with van der Waals surface area (Å²) in [5.74, 6) is -2.24. The van der Waals surface area contributed by atoms with Gasteiger partial charge in [0, 0.05) is 12.8 Å². The molecule has 0 spiro atoms. The summed E-state index contributed by atoms with van der Waals surface area (Å²) in [6, 6.07) is -1.26. The fraction of sp³-hybridized carbons (Fsp3) is 0.912. The third-order valence-electron chi connectivity index (χ3n) is 7.91. The standard InChI is InChI=1S/C34H66NO10P/c1-3-5-7-9-11-13-15-17-19-21-23-25-32(36)42-27-30(28-43-46(40,41)44-29-31(35)34(38)39)45-33(37)26-24-22-20-18-16-14-12-10-8-6-4-2/h30-31H,3-29,35H2,1-2H3,(H,38,39)(H,40,41)/p+1. The normalized spacial score (nSPS) is 14.0. The van der Waals surface area contributed by atoms with Crippen LogP contribution in [0.15, 0.2) is 0 Å². The average molecular weight is 681 g/mol. The van der Waals surface area contributed by atoms with Crippen LogP contribution < -0.4 is 5.73 Å². The second-order valence-corrected chi connectivity index (χ2v) is 13.9. The Morgan fingerprint density at radius 2 is 0.957 bits per heavy atom. The Balaban J connectivity index is 4.46. The molecule has 3 atom stereocenters. The van der Waals surface area contributed by atoms with Crippen LogP contribution in [0.3, 0.4) is 0 Å². The Morgan fingerprint density at radius 1 is 0.587 bits per heavy atom. The molecular formula is C34H67NO10P+. The van der Waals surface area contributed by atoms with Crippen molar-refractivity contribution in [3.05, 3.63) is 0 Å². The number of carboxylic acids is 1. The second-order valence-electron chi connectivity index (χ2n) is 12.5. The molecule has 0 aliphatic carbocycles. The van der Waals surface area contributed by atoms with Gasteiger partial charge in [-0.2, -0.15) is 0 Å². The van der Waals surface area contributed by atoms with Gasteiger partial charge in [0.2, 0.25) is 6.04 Å². The van der Waals surface area contributed by atoms with Crippen LogP contribution >= 0.6 is 7.82 Å². The molecule has 0 heterocycles. The van der Waals surface area contributed by atoms with Gasteiger partial charge in [0.15, 0.2) is 6.10 Å². The van der Waals surface area contributed by atoms with Gasteiger partial charge in [-0.05, 0) is 12.8 Å². The molecule has 0 bridgehead atoms. The number of carboxylic acid groups (broad SMARTS) is 1. The lowest BCUT2D eigenvalue weighted by Crippen LogP contribution is -2.67. The first kappa shape index (κ1) is 44.5. The maximum Gasteiger partial charge on any atom is 0.472 e. The molecule has 0 saturated heterocycles. The van der Waals surface area contributed by atoms with Crippen LogP contribution in [0.25, 0.3) is 0 Å². The number of ether oxygens (including phenoxy) is 2. The van der Waals surface area contributed by atoms with Crippen LogP contribution in [0, 0.1) is 0 Å². The molecule has 0 amide bonds. The molecule has 0 rings (SSSR count). The molecule has 0 aromatic heterocycles. The molecule has 0 saturated carbocycles. The second kappa shape index (κ2) is 30.8. The SMILES string of the molecule is CCCCCCCCCCCCCC(=O)OCC(COP(=O)(O)OCC([NH3+])C(=O)O)OC(=O)CCCCCCCCCCCCC. The minimum absolute atomic E-state index is 0.176. The molecule has 0 aliphatic rings. The van der Waals surface area contributed by atoms with E-state index in [1.807, 2.05) is 0 Å². The predicted octanol–water partition coefficient (Wildman–Crippen LogP) is 7.67. The summed E-state index contributed by atoms with van der Waals surface area (Å²) in [5, 5.41) is 8.90. The van der Waals surface area contributed by atoms with Crippen molar-refractivity contribution in [1.29, 1.82) is 0 Å². The Hall–Kier alpha value is -1.52. The average Bonchev–Trinajstić information content (AvgIpc) is 3.02. The number of aliphatic carboxylic acids is 1. The number of carbonyl (C=O) groups is 3. The Kier molecular flexibility index (Phi) is 29.8. The third-order valence-corrected chi connectivity index (χ3v) is 8.86. The van der Waals surface area contributed by atoms with Gasteiger partial charge in [-0.3, -0.25) is 18.6 Å². The summed E-state index contributed by atoms with van der Waals surface area (Å²) >= 11 is 0. The quantitative estimate of drug-likeness (QED) is 0.0348. The van der Waals surface area contributed by atoms with Crippen LogP contribution in [0.1, 0.15) is 168 Å². The summed E-state index contributed by atoms with van der Waals surface area (Å²) < 4.78 is 32.6. The van der Waals surface area contributed by atoms with Gasteiger partial charge >= 0.3 is 25.7 Å². The zero-order valence-corrected chi connectivity index (χ0v) is 30.0. The van der Waals surface area contributed by atoms with Crippen LogP contribution in [-0.4, -0.2) is 59.9 Å². The maximum absolute atomic E-state index is 12.5. The van der Waals surface area contributed by atoms with Gasteiger partial charge in [-0.25, -0.2) is 9.36 Å². The highest BCUT2D eigenvalue weighted by atomic mass is 31.2. The van der Waals surface area contributed by atoms with Crippen LogP contribution in [0.2, 0.25) is 0 Å². The number of esters is 2. The van der Waals surface area contributed by atoms with Gasteiger partial charge in [-0.15, -0.1) is 0 Å². The fourth-order valence-electron chi connectivity index (χ4n) is 4.96. The third kappa shape index (κ3) is 29.9. The number of unbranched alkanes of at least 4 members (excludes halogenated alkanes) is 20. The summed E-state index contributed by atoms with van der Waals surface area (Å²) in [5.41, 5.74) is 3.32. The Morgan fingerprint density at radius 3 is 1.37 bits per heavy atom. The van der Waals surface area contributed by atoms with E-state index in [2.05, 4.69) is 19.6 Å². The molecule has 272 valence electrons. The monoisotopic (exact) mass is 680 g/mol. The molecular weight excluding hydrogens is 613 g/mol. The van der Waals surface area contributed by atoms with Crippen molar-refractivity contribution < 1.29 is 53.2 Å². The maximum atomic E-state index is 12.5. The van der Waals surface area contributed by atoms with Crippen molar-refractivity contribution >= 4 is 25.7 Å². The molecule has 0 fully saturated rings. The van der Waals surface area contributed by atoms with Gasteiger partial charge in [-0.1, -0.05) is 142 Å². The zero-order valence-electron chi connectivity index (χ0n) is 29.1. The van der Waals surface area contributed by atoms with E-state index in [0.717, 1.165) is 38.5 Å². The largest absolute Gasteiger partial charge is 0.477 e. The van der Waals surface area contributed by atoms with Crippen molar-refractivity contribution in [2.45, 2.75) is 180 Å². The minimum Gasteiger partial charge on any atom is -0.477 e.